The molecule has 138 valence electrons. The van der Waals surface area contributed by atoms with E-state index in [1.807, 2.05) is 31.5 Å². The van der Waals surface area contributed by atoms with Gasteiger partial charge in [-0.3, -0.25) is 4.79 Å². The minimum absolute atomic E-state index is 0.277. The number of benzene rings is 1. The Morgan fingerprint density at radius 2 is 1.81 bits per heavy atom. The quantitative estimate of drug-likeness (QED) is 0.614. The lowest BCUT2D eigenvalue weighted by atomic mass is 10.1. The summed E-state index contributed by atoms with van der Waals surface area (Å²) in [5.41, 5.74) is 2.90. The third-order valence-electron chi connectivity index (χ3n) is 4.15. The van der Waals surface area contributed by atoms with E-state index >= 15 is 0 Å². The van der Waals surface area contributed by atoms with Gasteiger partial charge in [-0.25, -0.2) is 9.59 Å². The molecule has 1 atom stereocenters. The van der Waals surface area contributed by atoms with Gasteiger partial charge in [0.25, 0.3) is 0 Å². The number of aryl methyl sites for hydroxylation is 1. The number of esters is 1. The number of nitrogens with one attached hydrogen (secondary N) is 2. The first kappa shape index (κ1) is 19.2. The second kappa shape index (κ2) is 8.33. The number of aromatic nitrogens is 1. The van der Waals surface area contributed by atoms with E-state index in [4.69, 9.17) is 4.74 Å². The van der Waals surface area contributed by atoms with Crippen molar-refractivity contribution < 1.29 is 19.1 Å². The van der Waals surface area contributed by atoms with Crippen molar-refractivity contribution in [1.29, 1.82) is 0 Å². The predicted octanol–water partition coefficient (Wildman–Crippen LogP) is 2.58. The van der Waals surface area contributed by atoms with Crippen molar-refractivity contribution >= 4 is 23.5 Å². The topological polar surface area (TPSA) is 89.4 Å². The van der Waals surface area contributed by atoms with E-state index in [9.17, 15) is 14.4 Å². The minimum atomic E-state index is -0.884. The van der Waals surface area contributed by atoms with Crippen LogP contribution in [0.25, 0.3) is 0 Å². The minimum Gasteiger partial charge on any atom is -0.456 e. The SMILES string of the molecule is Cc1cc(C(=O)COC(=O)[C@H](C)NC(=O)Nc2ccccc2)c(C)n1C. The molecule has 1 aromatic carbocycles. The number of ketones is 1. The highest BCUT2D eigenvalue weighted by Crippen LogP contribution is 2.14. The Bertz CT molecular complexity index is 812. The lowest BCUT2D eigenvalue weighted by molar-refractivity contribution is -0.144. The van der Waals surface area contributed by atoms with Crippen LogP contribution < -0.4 is 10.6 Å². The van der Waals surface area contributed by atoms with Crippen molar-refractivity contribution in [2.75, 3.05) is 11.9 Å². The van der Waals surface area contributed by atoms with E-state index in [0.29, 0.717) is 11.3 Å². The molecule has 0 fully saturated rings. The smallest absolute Gasteiger partial charge is 0.328 e. The number of amides is 2. The molecule has 0 bridgehead atoms. The largest absolute Gasteiger partial charge is 0.456 e. The Hall–Kier alpha value is -3.09. The number of nitrogens with zero attached hydrogens (tertiary/aromatic N) is 1. The zero-order chi connectivity index (χ0) is 19.3. The van der Waals surface area contributed by atoms with Crippen molar-refractivity contribution in [2.24, 2.45) is 7.05 Å². The van der Waals surface area contributed by atoms with Crippen LogP contribution in [0.1, 0.15) is 28.7 Å². The zero-order valence-corrected chi connectivity index (χ0v) is 15.3. The molecular formula is C19H23N3O4. The Labute approximate surface area is 152 Å². The van der Waals surface area contributed by atoms with Gasteiger partial charge < -0.3 is 19.9 Å². The lowest BCUT2D eigenvalue weighted by Crippen LogP contribution is -2.42. The van der Waals surface area contributed by atoms with Gasteiger partial charge in [0.1, 0.15) is 6.04 Å². The third kappa shape index (κ3) is 4.72. The number of carbonyl (C=O) groups is 3. The van der Waals surface area contributed by atoms with Gasteiger partial charge in [0.15, 0.2) is 6.61 Å². The fraction of sp³-hybridized carbons (Fsp3) is 0.316. The molecular weight excluding hydrogens is 334 g/mol. The van der Waals surface area contributed by atoms with Gasteiger partial charge in [0, 0.05) is 29.7 Å². The highest BCUT2D eigenvalue weighted by atomic mass is 16.5. The number of hydrogen-bond donors (Lipinski definition) is 2. The number of Topliss-reactive ketones (excluding diaryl/α,β-unsaturated/α-hetero) is 1. The maximum atomic E-state index is 12.2. The average molecular weight is 357 g/mol. The first-order chi connectivity index (χ1) is 12.3. The van der Waals surface area contributed by atoms with Crippen LogP contribution in [-0.2, 0) is 16.6 Å². The van der Waals surface area contributed by atoms with Crippen LogP contribution in [0.15, 0.2) is 36.4 Å². The van der Waals surface area contributed by atoms with Crippen molar-refractivity contribution in [3.63, 3.8) is 0 Å². The van der Waals surface area contributed by atoms with Crippen LogP contribution >= 0.6 is 0 Å². The third-order valence-corrected chi connectivity index (χ3v) is 4.15. The van der Waals surface area contributed by atoms with Crippen molar-refractivity contribution in [1.82, 2.24) is 9.88 Å². The van der Waals surface area contributed by atoms with Gasteiger partial charge in [-0.05, 0) is 39.0 Å². The maximum Gasteiger partial charge on any atom is 0.328 e. The summed E-state index contributed by atoms with van der Waals surface area (Å²) in [7, 11) is 1.87. The molecule has 0 spiro atoms. The molecule has 2 rings (SSSR count). The van der Waals surface area contributed by atoms with Gasteiger partial charge in [0.2, 0.25) is 5.78 Å². The van der Waals surface area contributed by atoms with Gasteiger partial charge >= 0.3 is 12.0 Å². The maximum absolute atomic E-state index is 12.2. The number of rotatable bonds is 6. The first-order valence-corrected chi connectivity index (χ1v) is 8.25. The monoisotopic (exact) mass is 357 g/mol. The first-order valence-electron chi connectivity index (χ1n) is 8.25. The highest BCUT2D eigenvalue weighted by Gasteiger charge is 2.20. The van der Waals surface area contributed by atoms with E-state index in [-0.39, 0.29) is 12.4 Å². The van der Waals surface area contributed by atoms with Crippen LogP contribution in [0, 0.1) is 13.8 Å². The molecule has 0 unspecified atom stereocenters. The molecule has 26 heavy (non-hydrogen) atoms. The predicted molar refractivity (Wildman–Crippen MR) is 98.2 cm³/mol. The molecule has 1 heterocycles. The summed E-state index contributed by atoms with van der Waals surface area (Å²) in [6.45, 7) is 4.86. The van der Waals surface area contributed by atoms with E-state index < -0.39 is 18.0 Å². The standard InChI is InChI=1S/C19H23N3O4/c1-12-10-16(14(3)22(12)4)17(23)11-26-18(24)13(2)20-19(25)21-15-8-6-5-7-9-15/h5-10,13H,11H2,1-4H3,(H2,20,21,25)/t13-/m0/s1. The number of urea groups is 1. The van der Waals surface area contributed by atoms with Crippen LogP contribution in [0.2, 0.25) is 0 Å². The normalized spacial score (nSPS) is 11.5. The average Bonchev–Trinajstić information content (AvgIpc) is 2.87. The molecule has 0 saturated heterocycles. The van der Waals surface area contributed by atoms with E-state index in [2.05, 4.69) is 10.6 Å². The Balaban J connectivity index is 1.84. The van der Waals surface area contributed by atoms with Gasteiger partial charge in [-0.2, -0.15) is 0 Å². The van der Waals surface area contributed by atoms with Crippen LogP contribution in [-0.4, -0.2) is 35.0 Å². The fourth-order valence-corrected chi connectivity index (χ4v) is 2.42. The van der Waals surface area contributed by atoms with E-state index in [1.165, 1.54) is 6.92 Å². The summed E-state index contributed by atoms with van der Waals surface area (Å²) in [6.07, 6.45) is 0. The van der Waals surface area contributed by atoms with Crippen molar-refractivity contribution in [3.8, 4) is 0 Å². The number of ether oxygens (including phenoxy) is 1. The van der Waals surface area contributed by atoms with E-state index in [1.54, 1.807) is 30.3 Å². The molecule has 2 aromatic rings. The molecule has 0 aliphatic heterocycles. The van der Waals surface area contributed by atoms with Crippen LogP contribution in [0.3, 0.4) is 0 Å². The summed E-state index contributed by atoms with van der Waals surface area (Å²) in [6, 6.07) is 9.21. The van der Waals surface area contributed by atoms with Gasteiger partial charge in [0.05, 0.1) is 0 Å². The molecule has 7 nitrogen and oxygen atoms in total. The second-order valence-corrected chi connectivity index (χ2v) is 6.06. The molecule has 7 heteroatoms. The molecule has 0 saturated carbocycles. The van der Waals surface area contributed by atoms with Crippen molar-refractivity contribution in [2.45, 2.75) is 26.8 Å². The second-order valence-electron chi connectivity index (χ2n) is 6.06. The number of hydrogen-bond acceptors (Lipinski definition) is 4. The van der Waals surface area contributed by atoms with Gasteiger partial charge in [-0.1, -0.05) is 18.2 Å². The molecule has 0 aliphatic rings. The zero-order valence-electron chi connectivity index (χ0n) is 15.3. The Kier molecular flexibility index (Phi) is 6.16. The fourth-order valence-electron chi connectivity index (χ4n) is 2.42. The Morgan fingerprint density at radius 3 is 2.38 bits per heavy atom. The number of para-hydroxylation sites is 1. The molecule has 2 amide bonds. The molecule has 0 aliphatic carbocycles. The number of anilines is 1. The summed E-state index contributed by atoms with van der Waals surface area (Å²) in [4.78, 5) is 36.1. The molecule has 1 aromatic heterocycles. The summed E-state index contributed by atoms with van der Waals surface area (Å²) < 4.78 is 6.93. The van der Waals surface area contributed by atoms with Crippen LogP contribution in [0.5, 0.6) is 0 Å². The summed E-state index contributed by atoms with van der Waals surface area (Å²) in [5.74, 6) is -0.952. The Morgan fingerprint density at radius 1 is 1.15 bits per heavy atom. The highest BCUT2D eigenvalue weighted by molar-refractivity contribution is 5.99. The molecule has 0 radical (unpaired) electrons. The summed E-state index contributed by atoms with van der Waals surface area (Å²) in [5, 5.41) is 5.08. The van der Waals surface area contributed by atoms with Crippen molar-refractivity contribution in [3.05, 3.63) is 53.3 Å². The van der Waals surface area contributed by atoms with Crippen LogP contribution in [0.4, 0.5) is 10.5 Å². The van der Waals surface area contributed by atoms with Gasteiger partial charge in [-0.15, -0.1) is 0 Å². The number of carbonyl (C=O) groups excluding carboxylic acids is 3. The summed E-state index contributed by atoms with van der Waals surface area (Å²) >= 11 is 0. The van der Waals surface area contributed by atoms with E-state index in [0.717, 1.165) is 11.4 Å². The lowest BCUT2D eigenvalue weighted by Gasteiger charge is -2.14. The molecule has 2 N–H and O–H groups in total.